The van der Waals surface area contributed by atoms with Crippen LogP contribution in [0.5, 0.6) is 0 Å². The first kappa shape index (κ1) is 14.4. The average Bonchev–Trinajstić information content (AvgIpc) is 2.20. The Morgan fingerprint density at radius 1 is 1.27 bits per heavy atom. The van der Waals surface area contributed by atoms with Crippen LogP contribution in [0.1, 0.15) is 52.9 Å². The van der Waals surface area contributed by atoms with Gasteiger partial charge in [0.05, 0.1) is 6.61 Å². The van der Waals surface area contributed by atoms with Crippen molar-refractivity contribution in [1.29, 1.82) is 0 Å². The molecule has 1 N–H and O–H groups in total. The molecule has 15 heavy (non-hydrogen) atoms. The standard InChI is InChI=1S/C12H24O3/c1-4-5-6-7-8-10(2)9-15-12(14)11(3)13/h10-11,13H,4-9H2,1-3H3. The Hall–Kier alpha value is -0.570. The summed E-state index contributed by atoms with van der Waals surface area (Å²) >= 11 is 0. The van der Waals surface area contributed by atoms with E-state index in [1.807, 2.05) is 0 Å². The Morgan fingerprint density at radius 2 is 1.93 bits per heavy atom. The number of ether oxygens (including phenoxy) is 1. The lowest BCUT2D eigenvalue weighted by Gasteiger charge is -2.12. The second kappa shape index (κ2) is 8.72. The van der Waals surface area contributed by atoms with Gasteiger partial charge in [0.15, 0.2) is 0 Å². The highest BCUT2D eigenvalue weighted by molar-refractivity contribution is 5.73. The monoisotopic (exact) mass is 216 g/mol. The molecule has 90 valence electrons. The first-order valence-corrected chi connectivity index (χ1v) is 5.92. The zero-order valence-corrected chi connectivity index (χ0v) is 10.2. The summed E-state index contributed by atoms with van der Waals surface area (Å²) in [5.74, 6) is -0.125. The summed E-state index contributed by atoms with van der Waals surface area (Å²) in [7, 11) is 0. The fourth-order valence-electron chi connectivity index (χ4n) is 1.35. The lowest BCUT2D eigenvalue weighted by atomic mass is 10.0. The molecular weight excluding hydrogens is 192 g/mol. The van der Waals surface area contributed by atoms with Crippen molar-refractivity contribution in [3.05, 3.63) is 0 Å². The quantitative estimate of drug-likeness (QED) is 0.501. The molecule has 0 amide bonds. The molecule has 0 heterocycles. The molecule has 3 nitrogen and oxygen atoms in total. The highest BCUT2D eigenvalue weighted by Crippen LogP contribution is 2.10. The number of hydrogen-bond acceptors (Lipinski definition) is 3. The summed E-state index contributed by atoms with van der Waals surface area (Å²) in [5.41, 5.74) is 0. The van der Waals surface area contributed by atoms with Gasteiger partial charge >= 0.3 is 5.97 Å². The van der Waals surface area contributed by atoms with Crippen molar-refractivity contribution in [2.24, 2.45) is 5.92 Å². The van der Waals surface area contributed by atoms with Gasteiger partial charge in [-0.2, -0.15) is 0 Å². The first-order chi connectivity index (χ1) is 7.07. The maximum absolute atomic E-state index is 11.0. The molecule has 0 bridgehead atoms. The van der Waals surface area contributed by atoms with Crippen LogP contribution in [-0.2, 0) is 9.53 Å². The number of unbranched alkanes of at least 4 members (excludes halogenated alkanes) is 3. The number of aliphatic hydroxyl groups excluding tert-OH is 1. The molecule has 2 atom stereocenters. The van der Waals surface area contributed by atoms with Crippen molar-refractivity contribution in [3.8, 4) is 0 Å². The van der Waals surface area contributed by atoms with Crippen molar-refractivity contribution in [2.45, 2.75) is 59.0 Å². The van der Waals surface area contributed by atoms with Gasteiger partial charge < -0.3 is 9.84 Å². The second-order valence-electron chi connectivity index (χ2n) is 4.26. The average molecular weight is 216 g/mol. The van der Waals surface area contributed by atoms with Crippen LogP contribution in [0.4, 0.5) is 0 Å². The van der Waals surface area contributed by atoms with Crippen molar-refractivity contribution in [2.75, 3.05) is 6.61 Å². The van der Waals surface area contributed by atoms with Gasteiger partial charge in [-0.25, -0.2) is 4.79 Å². The molecule has 3 heteroatoms. The fraction of sp³-hybridized carbons (Fsp3) is 0.917. The molecule has 0 aliphatic rings. The van der Waals surface area contributed by atoms with Gasteiger partial charge in [-0.05, 0) is 19.3 Å². The Bertz CT molecular complexity index is 166. The number of rotatable bonds is 8. The third-order valence-corrected chi connectivity index (χ3v) is 2.40. The Labute approximate surface area is 92.8 Å². The molecule has 0 aromatic carbocycles. The van der Waals surface area contributed by atoms with Crippen molar-refractivity contribution in [1.82, 2.24) is 0 Å². The molecule has 0 spiro atoms. The highest BCUT2D eigenvalue weighted by Gasteiger charge is 2.11. The molecular formula is C12H24O3. The Balaban J connectivity index is 3.40. The van der Waals surface area contributed by atoms with Gasteiger partial charge in [0.1, 0.15) is 6.10 Å². The van der Waals surface area contributed by atoms with Crippen molar-refractivity contribution in [3.63, 3.8) is 0 Å². The largest absolute Gasteiger partial charge is 0.463 e. The summed E-state index contributed by atoms with van der Waals surface area (Å²) in [6.07, 6.45) is 5.06. The molecule has 0 fully saturated rings. The maximum atomic E-state index is 11.0. The van der Waals surface area contributed by atoms with E-state index in [0.717, 1.165) is 6.42 Å². The zero-order chi connectivity index (χ0) is 11.7. The topological polar surface area (TPSA) is 46.5 Å². The van der Waals surface area contributed by atoms with Crippen molar-refractivity contribution >= 4 is 5.97 Å². The molecule has 0 aromatic rings. The molecule has 2 unspecified atom stereocenters. The van der Waals surface area contributed by atoms with E-state index in [2.05, 4.69) is 13.8 Å². The zero-order valence-electron chi connectivity index (χ0n) is 10.2. The maximum Gasteiger partial charge on any atom is 0.334 e. The van der Waals surface area contributed by atoms with Gasteiger partial charge in [0.2, 0.25) is 0 Å². The fourth-order valence-corrected chi connectivity index (χ4v) is 1.35. The van der Waals surface area contributed by atoms with Crippen LogP contribution in [0.2, 0.25) is 0 Å². The molecule has 0 aromatic heterocycles. The van der Waals surface area contributed by atoms with Gasteiger partial charge in [-0.1, -0.05) is 39.5 Å². The second-order valence-corrected chi connectivity index (χ2v) is 4.26. The molecule has 0 rings (SSSR count). The van der Waals surface area contributed by atoms with E-state index in [4.69, 9.17) is 9.84 Å². The van der Waals surface area contributed by atoms with Crippen LogP contribution >= 0.6 is 0 Å². The smallest absolute Gasteiger partial charge is 0.334 e. The van der Waals surface area contributed by atoms with E-state index < -0.39 is 12.1 Å². The minimum atomic E-state index is -1.00. The van der Waals surface area contributed by atoms with E-state index in [9.17, 15) is 4.79 Å². The van der Waals surface area contributed by atoms with Crippen LogP contribution < -0.4 is 0 Å². The van der Waals surface area contributed by atoms with Crippen LogP contribution in [0.15, 0.2) is 0 Å². The minimum Gasteiger partial charge on any atom is -0.463 e. The van der Waals surface area contributed by atoms with E-state index in [-0.39, 0.29) is 0 Å². The first-order valence-electron chi connectivity index (χ1n) is 5.92. The van der Waals surface area contributed by atoms with E-state index >= 15 is 0 Å². The third kappa shape index (κ3) is 8.43. The van der Waals surface area contributed by atoms with Gasteiger partial charge in [0, 0.05) is 0 Å². The summed E-state index contributed by atoms with van der Waals surface area (Å²) in [4.78, 5) is 11.0. The predicted molar refractivity (Wildman–Crippen MR) is 60.6 cm³/mol. The number of carbonyl (C=O) groups is 1. The number of aliphatic hydroxyl groups is 1. The van der Waals surface area contributed by atoms with E-state index in [1.165, 1.54) is 32.6 Å². The molecule has 0 aliphatic carbocycles. The van der Waals surface area contributed by atoms with Crippen LogP contribution in [0, 0.1) is 5.92 Å². The summed E-state index contributed by atoms with van der Waals surface area (Å²) < 4.78 is 4.93. The summed E-state index contributed by atoms with van der Waals surface area (Å²) in [6, 6.07) is 0. The van der Waals surface area contributed by atoms with E-state index in [0.29, 0.717) is 12.5 Å². The normalized spacial score (nSPS) is 14.7. The minimum absolute atomic E-state index is 0.393. The molecule has 0 saturated carbocycles. The van der Waals surface area contributed by atoms with Crippen LogP contribution in [0.25, 0.3) is 0 Å². The predicted octanol–water partition coefficient (Wildman–Crippen LogP) is 2.52. The van der Waals surface area contributed by atoms with Crippen LogP contribution in [-0.4, -0.2) is 23.8 Å². The van der Waals surface area contributed by atoms with Crippen LogP contribution in [0.3, 0.4) is 0 Å². The number of hydrogen-bond donors (Lipinski definition) is 1. The van der Waals surface area contributed by atoms with E-state index in [1.54, 1.807) is 0 Å². The number of carbonyl (C=O) groups excluding carboxylic acids is 1. The van der Waals surface area contributed by atoms with Gasteiger partial charge in [-0.15, -0.1) is 0 Å². The highest BCUT2D eigenvalue weighted by atomic mass is 16.5. The molecule has 0 saturated heterocycles. The SMILES string of the molecule is CCCCCCC(C)COC(=O)C(C)O. The van der Waals surface area contributed by atoms with Gasteiger partial charge in [0.25, 0.3) is 0 Å². The van der Waals surface area contributed by atoms with Gasteiger partial charge in [-0.3, -0.25) is 0 Å². The Morgan fingerprint density at radius 3 is 2.47 bits per heavy atom. The van der Waals surface area contributed by atoms with Crippen molar-refractivity contribution < 1.29 is 14.6 Å². The lowest BCUT2D eigenvalue weighted by Crippen LogP contribution is -2.21. The summed E-state index contributed by atoms with van der Waals surface area (Å²) in [6.45, 7) is 6.11. The number of esters is 1. The molecule has 0 radical (unpaired) electrons. The third-order valence-electron chi connectivity index (χ3n) is 2.40. The lowest BCUT2D eigenvalue weighted by molar-refractivity contribution is -0.153. The molecule has 0 aliphatic heterocycles. The summed E-state index contributed by atoms with van der Waals surface area (Å²) in [5, 5.41) is 8.91. The Kier molecular flexibility index (Phi) is 8.38.